The Bertz CT molecular complexity index is 496. The molecule has 7 nitrogen and oxygen atoms in total. The van der Waals surface area contributed by atoms with Crippen LogP contribution in [0, 0.1) is 10.1 Å². The second kappa shape index (κ2) is 5.84. The summed E-state index contributed by atoms with van der Waals surface area (Å²) in [6.07, 6.45) is -0.633. The molecular formula is C13H17N3O4. The summed E-state index contributed by atoms with van der Waals surface area (Å²) in [7, 11) is 0. The lowest BCUT2D eigenvalue weighted by Gasteiger charge is -2.25. The van der Waals surface area contributed by atoms with E-state index in [1.165, 1.54) is 0 Å². The van der Waals surface area contributed by atoms with Crippen molar-refractivity contribution in [3.05, 3.63) is 39.4 Å². The molecule has 0 aromatic heterocycles. The summed E-state index contributed by atoms with van der Waals surface area (Å²) in [5.74, 6) is 0. The summed E-state index contributed by atoms with van der Waals surface area (Å²) in [5.41, 5.74) is 1.27. The number of nitrogens with zero attached hydrogens (tertiary/aromatic N) is 1. The largest absolute Gasteiger partial charge is 0.346 e. The van der Waals surface area contributed by atoms with Crippen LogP contribution >= 0.6 is 0 Å². The molecule has 0 amide bonds. The average molecular weight is 279 g/mol. The normalized spacial score (nSPS) is 23.9. The average Bonchev–Trinajstić information content (AvgIpc) is 3.01. The maximum atomic E-state index is 11.5. The zero-order chi connectivity index (χ0) is 13.9. The molecule has 0 bridgehead atoms. The molecule has 7 heteroatoms. The first-order valence-corrected chi connectivity index (χ1v) is 6.72. The lowest BCUT2D eigenvalue weighted by molar-refractivity contribution is -0.387. The number of nitro groups is 1. The second-order valence-electron chi connectivity index (χ2n) is 4.83. The lowest BCUT2D eigenvalue weighted by Crippen LogP contribution is -2.42. The van der Waals surface area contributed by atoms with Gasteiger partial charge < -0.3 is 20.1 Å². The molecule has 1 unspecified atom stereocenters. The van der Waals surface area contributed by atoms with Gasteiger partial charge in [-0.1, -0.05) is 12.1 Å². The molecule has 0 radical (unpaired) electrons. The monoisotopic (exact) mass is 279 g/mol. The van der Waals surface area contributed by atoms with Crippen molar-refractivity contribution in [2.75, 3.05) is 32.8 Å². The fourth-order valence-electron chi connectivity index (χ4n) is 2.67. The van der Waals surface area contributed by atoms with E-state index in [2.05, 4.69) is 10.6 Å². The Labute approximate surface area is 116 Å². The third-order valence-electron chi connectivity index (χ3n) is 3.57. The Kier molecular flexibility index (Phi) is 3.93. The van der Waals surface area contributed by atoms with Gasteiger partial charge in [-0.25, -0.2) is 0 Å². The molecule has 1 aromatic carbocycles. The molecule has 0 aliphatic carbocycles. The maximum Gasteiger partial charge on any atom is 0.282 e. The van der Waals surface area contributed by atoms with E-state index in [-0.39, 0.29) is 16.7 Å². The van der Waals surface area contributed by atoms with E-state index < -0.39 is 6.29 Å². The van der Waals surface area contributed by atoms with Crippen molar-refractivity contribution in [1.29, 1.82) is 0 Å². The van der Waals surface area contributed by atoms with Gasteiger partial charge in [0.1, 0.15) is 0 Å². The number of rotatable bonds is 3. The van der Waals surface area contributed by atoms with Gasteiger partial charge in [0.2, 0.25) is 0 Å². The van der Waals surface area contributed by atoms with Gasteiger partial charge in [0.15, 0.2) is 6.29 Å². The van der Waals surface area contributed by atoms with Gasteiger partial charge >= 0.3 is 0 Å². The van der Waals surface area contributed by atoms with Gasteiger partial charge in [-0.3, -0.25) is 10.1 Å². The highest BCUT2D eigenvalue weighted by Crippen LogP contribution is 2.36. The van der Waals surface area contributed by atoms with Gasteiger partial charge in [-0.05, 0) is 6.07 Å². The summed E-state index contributed by atoms with van der Waals surface area (Å²) in [5, 5.41) is 18.0. The minimum absolute atomic E-state index is 0.0643. The summed E-state index contributed by atoms with van der Waals surface area (Å²) in [6.45, 7) is 3.28. The highest BCUT2D eigenvalue weighted by Gasteiger charge is 2.32. The summed E-state index contributed by atoms with van der Waals surface area (Å²) >= 11 is 0. The zero-order valence-electron chi connectivity index (χ0n) is 11.0. The lowest BCUT2D eigenvalue weighted by atomic mass is 9.99. The van der Waals surface area contributed by atoms with Gasteiger partial charge in [0, 0.05) is 25.2 Å². The van der Waals surface area contributed by atoms with Crippen LogP contribution in [-0.2, 0) is 9.47 Å². The van der Waals surface area contributed by atoms with Crippen molar-refractivity contribution in [2.24, 2.45) is 0 Å². The summed E-state index contributed by atoms with van der Waals surface area (Å²) < 4.78 is 10.8. The van der Waals surface area contributed by atoms with Crippen molar-refractivity contribution in [1.82, 2.24) is 10.6 Å². The number of hydrogen-bond donors (Lipinski definition) is 2. The Morgan fingerprint density at radius 1 is 1.20 bits per heavy atom. The number of ether oxygens (including phenoxy) is 2. The molecule has 1 aromatic rings. The van der Waals surface area contributed by atoms with E-state index in [4.69, 9.17) is 9.47 Å². The minimum atomic E-state index is -0.633. The number of piperazine rings is 1. The van der Waals surface area contributed by atoms with Crippen molar-refractivity contribution < 1.29 is 14.4 Å². The molecular weight excluding hydrogens is 262 g/mol. The van der Waals surface area contributed by atoms with Crippen molar-refractivity contribution in [3.8, 4) is 0 Å². The van der Waals surface area contributed by atoms with E-state index >= 15 is 0 Å². The first-order valence-electron chi connectivity index (χ1n) is 6.72. The maximum absolute atomic E-state index is 11.5. The van der Waals surface area contributed by atoms with Crippen LogP contribution in [0.3, 0.4) is 0 Å². The van der Waals surface area contributed by atoms with Crippen LogP contribution in [0.25, 0.3) is 0 Å². The number of benzene rings is 1. The summed E-state index contributed by atoms with van der Waals surface area (Å²) in [4.78, 5) is 11.1. The van der Waals surface area contributed by atoms with Gasteiger partial charge in [-0.15, -0.1) is 0 Å². The zero-order valence-corrected chi connectivity index (χ0v) is 11.0. The van der Waals surface area contributed by atoms with Crippen LogP contribution in [0.15, 0.2) is 18.2 Å². The number of hydrogen-bond acceptors (Lipinski definition) is 6. The van der Waals surface area contributed by atoms with Crippen LogP contribution in [0.4, 0.5) is 5.69 Å². The third kappa shape index (κ3) is 2.53. The van der Waals surface area contributed by atoms with E-state index in [9.17, 15) is 10.1 Å². The van der Waals surface area contributed by atoms with E-state index in [0.717, 1.165) is 13.1 Å². The third-order valence-corrected chi connectivity index (χ3v) is 3.57. The predicted octanol–water partition coefficient (Wildman–Crippen LogP) is 0.874. The number of para-hydroxylation sites is 1. The molecule has 2 heterocycles. The highest BCUT2D eigenvalue weighted by molar-refractivity contribution is 5.50. The molecule has 2 aliphatic heterocycles. The molecule has 2 fully saturated rings. The van der Waals surface area contributed by atoms with Crippen molar-refractivity contribution >= 4 is 5.69 Å². The smallest absolute Gasteiger partial charge is 0.282 e. The fraction of sp³-hybridized carbons (Fsp3) is 0.538. The van der Waals surface area contributed by atoms with Crippen LogP contribution in [0.1, 0.15) is 23.5 Å². The van der Waals surface area contributed by atoms with Gasteiger partial charge in [-0.2, -0.15) is 0 Å². The highest BCUT2D eigenvalue weighted by atomic mass is 16.7. The second-order valence-corrected chi connectivity index (χ2v) is 4.83. The van der Waals surface area contributed by atoms with Crippen molar-refractivity contribution in [2.45, 2.75) is 12.3 Å². The van der Waals surface area contributed by atoms with E-state index in [1.807, 2.05) is 6.07 Å². The molecule has 0 saturated carbocycles. The van der Waals surface area contributed by atoms with Gasteiger partial charge in [0.25, 0.3) is 5.69 Å². The Morgan fingerprint density at radius 2 is 1.95 bits per heavy atom. The quantitative estimate of drug-likeness (QED) is 0.631. The Hall–Kier alpha value is -1.54. The predicted molar refractivity (Wildman–Crippen MR) is 71.4 cm³/mol. The molecule has 108 valence electrons. The van der Waals surface area contributed by atoms with E-state index in [0.29, 0.717) is 30.9 Å². The number of nitrogens with one attached hydrogen (secondary N) is 2. The van der Waals surface area contributed by atoms with Crippen LogP contribution in [0.2, 0.25) is 0 Å². The molecule has 20 heavy (non-hydrogen) atoms. The molecule has 2 N–H and O–H groups in total. The fourth-order valence-corrected chi connectivity index (χ4v) is 2.67. The molecule has 1 atom stereocenters. The molecule has 2 aliphatic rings. The Balaban J connectivity index is 2.00. The first-order chi connectivity index (χ1) is 9.77. The van der Waals surface area contributed by atoms with Crippen LogP contribution in [0.5, 0.6) is 0 Å². The topological polar surface area (TPSA) is 85.7 Å². The number of nitro benzene ring substituents is 1. The molecule has 3 rings (SSSR count). The summed E-state index contributed by atoms with van der Waals surface area (Å²) in [6, 6.07) is 5.25. The minimum Gasteiger partial charge on any atom is -0.346 e. The molecule has 2 saturated heterocycles. The van der Waals surface area contributed by atoms with E-state index in [1.54, 1.807) is 12.1 Å². The SMILES string of the molecule is O=[N+]([O-])c1c(C2CNCCN2)cccc1C1OCCO1. The van der Waals surface area contributed by atoms with Crippen LogP contribution < -0.4 is 10.6 Å². The molecule has 0 spiro atoms. The van der Waals surface area contributed by atoms with Crippen LogP contribution in [-0.4, -0.2) is 37.8 Å². The van der Waals surface area contributed by atoms with Crippen molar-refractivity contribution in [3.63, 3.8) is 0 Å². The Morgan fingerprint density at radius 3 is 2.60 bits per heavy atom. The van der Waals surface area contributed by atoms with Gasteiger partial charge in [0.05, 0.1) is 29.7 Å². The standard InChI is InChI=1S/C13H17N3O4/c17-16(18)12-9(11-8-14-4-5-15-11)2-1-3-10(12)13-19-6-7-20-13/h1-3,11,13-15H,4-8H2. The first kappa shape index (κ1) is 13.4.